The Morgan fingerprint density at radius 1 is 1.15 bits per heavy atom. The van der Waals surface area contributed by atoms with Crippen molar-refractivity contribution in [1.82, 2.24) is 30.1 Å². The van der Waals surface area contributed by atoms with E-state index >= 15 is 0 Å². The molecule has 3 aromatic carbocycles. The number of ether oxygens (including phenoxy) is 1. The molecule has 0 saturated carbocycles. The Balaban J connectivity index is 1.31. The number of rotatable bonds is 9. The molecule has 2 atom stereocenters. The van der Waals surface area contributed by atoms with Crippen molar-refractivity contribution in [3.05, 3.63) is 87.4 Å². The van der Waals surface area contributed by atoms with E-state index < -0.39 is 18.2 Å². The molecule has 2 aliphatic heterocycles. The van der Waals surface area contributed by atoms with Gasteiger partial charge in [-0.15, -0.1) is 0 Å². The second-order valence-electron chi connectivity index (χ2n) is 11.1. The molecule has 2 aliphatic rings. The highest BCUT2D eigenvalue weighted by Crippen LogP contribution is 2.33. The van der Waals surface area contributed by atoms with Crippen LogP contribution in [0.4, 0.5) is 9.93 Å². The fourth-order valence-electron chi connectivity index (χ4n) is 6.00. The third-order valence-corrected chi connectivity index (χ3v) is 9.82. The van der Waals surface area contributed by atoms with E-state index in [1.165, 1.54) is 16.3 Å². The molecule has 4 aromatic rings. The number of anilines is 1. The first-order valence-corrected chi connectivity index (χ1v) is 16.2. The number of halogens is 2. The van der Waals surface area contributed by atoms with E-state index in [0.717, 1.165) is 15.8 Å². The molecule has 0 spiro atoms. The number of nitrogens with zero attached hydrogens (tertiary/aromatic N) is 6. The number of para-hydroxylation sites is 1. The number of amides is 4. The highest BCUT2D eigenvalue weighted by Gasteiger charge is 2.52. The van der Waals surface area contributed by atoms with Crippen LogP contribution in [-0.2, 0) is 29.1 Å². The summed E-state index contributed by atoms with van der Waals surface area (Å²) < 4.78 is 6.19. The lowest BCUT2D eigenvalue weighted by Gasteiger charge is -2.46. The van der Waals surface area contributed by atoms with E-state index in [4.69, 9.17) is 33.7 Å². The van der Waals surface area contributed by atoms with Gasteiger partial charge in [0.25, 0.3) is 0 Å². The molecule has 2 fully saturated rings. The van der Waals surface area contributed by atoms with Crippen molar-refractivity contribution in [2.24, 2.45) is 0 Å². The van der Waals surface area contributed by atoms with Crippen LogP contribution in [0.2, 0.25) is 10.0 Å². The van der Waals surface area contributed by atoms with Crippen molar-refractivity contribution in [3.63, 3.8) is 0 Å². The van der Waals surface area contributed by atoms with Crippen molar-refractivity contribution in [2.75, 3.05) is 32.5 Å². The lowest BCUT2D eigenvalue weighted by molar-refractivity contribution is -0.157. The van der Waals surface area contributed by atoms with E-state index in [-0.39, 0.29) is 51.0 Å². The summed E-state index contributed by atoms with van der Waals surface area (Å²) in [6.45, 7) is -0.0854. The number of hydrazine groups is 1. The number of methoxy groups -OCH3 is 1. The van der Waals surface area contributed by atoms with Crippen LogP contribution < -0.4 is 15.8 Å². The quantitative estimate of drug-likeness (QED) is 0.247. The maximum atomic E-state index is 14.2. The molecule has 1 aromatic heterocycles. The predicted octanol–water partition coefficient (Wildman–Crippen LogP) is 4.27. The number of urea groups is 1. The summed E-state index contributed by atoms with van der Waals surface area (Å²) >= 11 is 13.5. The SMILES string of the molecule is COc1ccc(C[C@H]2C(=O)N(Cc3cccc4sc(N)nc34)C[C@H]3N2C(=O)CN3N(CC#N)C(=O)NCc2ccc(Cl)c(Cl)c2)cc1. The summed E-state index contributed by atoms with van der Waals surface area (Å²) in [5.74, 6) is 0.112. The highest BCUT2D eigenvalue weighted by molar-refractivity contribution is 7.22. The Bertz CT molecular complexity index is 1880. The van der Waals surface area contributed by atoms with Crippen LogP contribution in [0.25, 0.3) is 10.2 Å². The largest absolute Gasteiger partial charge is 0.497 e. The van der Waals surface area contributed by atoms with Crippen LogP contribution in [0.5, 0.6) is 5.75 Å². The molecule has 0 bridgehead atoms. The molecule has 47 heavy (non-hydrogen) atoms. The minimum atomic E-state index is -0.859. The van der Waals surface area contributed by atoms with Gasteiger partial charge in [0, 0.05) is 19.5 Å². The smallest absolute Gasteiger partial charge is 0.333 e. The van der Waals surface area contributed by atoms with Gasteiger partial charge in [-0.25, -0.2) is 14.8 Å². The molecule has 0 radical (unpaired) electrons. The molecule has 0 unspecified atom stereocenters. The van der Waals surface area contributed by atoms with Gasteiger partial charge in [-0.05, 0) is 47.0 Å². The van der Waals surface area contributed by atoms with Gasteiger partial charge in [0.1, 0.15) is 24.5 Å². The number of aromatic nitrogens is 1. The van der Waals surface area contributed by atoms with E-state index in [1.54, 1.807) is 52.3 Å². The fraction of sp³-hybridized carbons (Fsp3) is 0.281. The first kappa shape index (κ1) is 32.3. The molecule has 15 heteroatoms. The van der Waals surface area contributed by atoms with Gasteiger partial charge in [-0.3, -0.25) is 9.59 Å². The summed E-state index contributed by atoms with van der Waals surface area (Å²) in [4.78, 5) is 49.2. The maximum absolute atomic E-state index is 14.2. The average molecular weight is 694 g/mol. The number of nitrogen functional groups attached to an aromatic ring is 1. The summed E-state index contributed by atoms with van der Waals surface area (Å²) in [6.07, 6.45) is -0.474. The lowest BCUT2D eigenvalue weighted by Crippen LogP contribution is -2.66. The molecule has 0 aliphatic carbocycles. The van der Waals surface area contributed by atoms with Gasteiger partial charge < -0.3 is 25.6 Å². The highest BCUT2D eigenvalue weighted by atomic mass is 35.5. The summed E-state index contributed by atoms with van der Waals surface area (Å²) in [5.41, 5.74) is 9.06. The normalized spacial score (nSPS) is 17.9. The number of nitriles is 1. The standard InChI is InChI=1S/C32H30Cl2N8O4S/c1-46-22-8-5-19(6-9-22)14-25-30(44)39(16-21-3-2-4-26-29(21)38-31(36)47-26)17-27-41(18-28(43)42(25)27)40(12-11-35)32(45)37-15-20-7-10-23(33)24(34)13-20/h2-10,13,25,27H,12,14-18H2,1H3,(H2,36,38)(H,37,45)/t25-,27+/m0/s1. The number of nitrogens with one attached hydrogen (secondary N) is 1. The van der Waals surface area contributed by atoms with Gasteiger partial charge in [0.05, 0.1) is 46.5 Å². The molecular formula is C32H30Cl2N8O4S. The van der Waals surface area contributed by atoms with E-state index in [2.05, 4.69) is 10.3 Å². The minimum Gasteiger partial charge on any atom is -0.497 e. The van der Waals surface area contributed by atoms with Crippen molar-refractivity contribution in [1.29, 1.82) is 5.26 Å². The number of nitrogens with two attached hydrogens (primary N) is 1. The lowest BCUT2D eigenvalue weighted by atomic mass is 9.99. The second kappa shape index (κ2) is 13.6. The number of hydrogen-bond donors (Lipinski definition) is 2. The van der Waals surface area contributed by atoms with Gasteiger partial charge in [-0.1, -0.05) is 64.9 Å². The van der Waals surface area contributed by atoms with Crippen LogP contribution in [0.3, 0.4) is 0 Å². The zero-order valence-electron chi connectivity index (χ0n) is 25.2. The van der Waals surface area contributed by atoms with Crippen LogP contribution in [0.15, 0.2) is 60.7 Å². The number of fused-ring (bicyclic) bond motifs is 2. The molecule has 2 saturated heterocycles. The number of carbonyl (C=O) groups is 3. The first-order chi connectivity index (χ1) is 22.7. The topological polar surface area (TPSA) is 148 Å². The zero-order valence-corrected chi connectivity index (χ0v) is 27.6. The first-order valence-electron chi connectivity index (χ1n) is 14.7. The summed E-state index contributed by atoms with van der Waals surface area (Å²) in [7, 11) is 1.57. The molecule has 3 heterocycles. The zero-order chi connectivity index (χ0) is 33.2. The Kier molecular flexibility index (Phi) is 9.38. The molecule has 6 rings (SSSR count). The average Bonchev–Trinajstić information content (AvgIpc) is 3.61. The van der Waals surface area contributed by atoms with Crippen molar-refractivity contribution in [3.8, 4) is 11.8 Å². The molecule has 4 amide bonds. The van der Waals surface area contributed by atoms with Crippen molar-refractivity contribution in [2.45, 2.75) is 31.7 Å². The number of carbonyl (C=O) groups excluding carboxylic acids is 3. The Hall–Kier alpha value is -4.61. The Labute approximate surface area is 284 Å². The van der Waals surface area contributed by atoms with Crippen molar-refractivity contribution >= 4 is 67.7 Å². The van der Waals surface area contributed by atoms with Gasteiger partial charge in [0.15, 0.2) is 5.13 Å². The van der Waals surface area contributed by atoms with Crippen LogP contribution in [0.1, 0.15) is 16.7 Å². The molecular weight excluding hydrogens is 663 g/mol. The van der Waals surface area contributed by atoms with E-state index in [1.807, 2.05) is 36.4 Å². The van der Waals surface area contributed by atoms with E-state index in [0.29, 0.717) is 32.0 Å². The number of thiazole rings is 1. The number of benzene rings is 3. The second-order valence-corrected chi connectivity index (χ2v) is 13.0. The van der Waals surface area contributed by atoms with Crippen molar-refractivity contribution < 1.29 is 19.1 Å². The van der Waals surface area contributed by atoms with Gasteiger partial charge in [-0.2, -0.15) is 10.3 Å². The van der Waals surface area contributed by atoms with E-state index in [9.17, 15) is 19.6 Å². The fourth-order valence-corrected chi connectivity index (χ4v) is 7.10. The number of hydrogen-bond acceptors (Lipinski definition) is 9. The monoisotopic (exact) mass is 692 g/mol. The summed E-state index contributed by atoms with van der Waals surface area (Å²) in [5, 5.41) is 16.5. The maximum Gasteiger partial charge on any atom is 0.333 e. The number of piperazine rings is 1. The van der Waals surface area contributed by atoms with Gasteiger partial charge in [0.2, 0.25) is 11.8 Å². The van der Waals surface area contributed by atoms with Crippen LogP contribution in [0, 0.1) is 11.3 Å². The third kappa shape index (κ3) is 6.63. The third-order valence-electron chi connectivity index (χ3n) is 8.23. The minimum absolute atomic E-state index is 0.0989. The molecule has 12 nitrogen and oxygen atoms in total. The summed E-state index contributed by atoms with van der Waals surface area (Å²) in [6, 6.07) is 18.6. The van der Waals surface area contributed by atoms with Crippen LogP contribution in [-0.4, -0.2) is 81.6 Å². The predicted molar refractivity (Wildman–Crippen MR) is 178 cm³/mol. The Morgan fingerprint density at radius 3 is 2.64 bits per heavy atom. The van der Waals surface area contributed by atoms with Crippen LogP contribution >= 0.6 is 34.5 Å². The Morgan fingerprint density at radius 2 is 1.91 bits per heavy atom. The molecule has 3 N–H and O–H groups in total. The molecule has 242 valence electrons. The van der Waals surface area contributed by atoms with Gasteiger partial charge >= 0.3 is 6.03 Å².